The second-order valence-corrected chi connectivity index (χ2v) is 6.69. The molecule has 3 heterocycles. The third kappa shape index (κ3) is 3.34. The van der Waals surface area contributed by atoms with Gasteiger partial charge in [-0.05, 0) is 42.3 Å². The van der Waals surface area contributed by atoms with Gasteiger partial charge in [-0.3, -0.25) is 9.59 Å². The van der Waals surface area contributed by atoms with Gasteiger partial charge in [-0.1, -0.05) is 0 Å². The van der Waals surface area contributed by atoms with Crippen molar-refractivity contribution in [1.82, 2.24) is 9.88 Å². The van der Waals surface area contributed by atoms with Crippen molar-refractivity contribution in [2.45, 2.75) is 12.8 Å². The third-order valence-electron chi connectivity index (χ3n) is 5.02. The molecule has 0 unspecified atom stereocenters. The quantitative estimate of drug-likeness (QED) is 0.881. The highest BCUT2D eigenvalue weighted by molar-refractivity contribution is 5.98. The van der Waals surface area contributed by atoms with Gasteiger partial charge < -0.3 is 15.1 Å². The van der Waals surface area contributed by atoms with Gasteiger partial charge in [0.15, 0.2) is 0 Å². The summed E-state index contributed by atoms with van der Waals surface area (Å²) in [7, 11) is 0. The van der Waals surface area contributed by atoms with Gasteiger partial charge in [0.25, 0.3) is 5.91 Å². The smallest absolute Gasteiger partial charge is 0.253 e. The maximum Gasteiger partial charge on any atom is 0.253 e. The predicted octanol–water partition coefficient (Wildman–Crippen LogP) is 1.80. The molecule has 0 saturated carbocycles. The largest absolute Gasteiger partial charge is 0.352 e. The maximum atomic E-state index is 12.9. The Bertz CT molecular complexity index is 942. The van der Waals surface area contributed by atoms with E-state index in [9.17, 15) is 14.9 Å². The van der Waals surface area contributed by atoms with E-state index in [2.05, 4.69) is 16.4 Å². The van der Waals surface area contributed by atoms with Crippen molar-refractivity contribution in [3.05, 3.63) is 53.2 Å². The lowest BCUT2D eigenvalue weighted by atomic mass is 10.00. The zero-order valence-corrected chi connectivity index (χ0v) is 14.8. The number of amides is 2. The zero-order valence-electron chi connectivity index (χ0n) is 14.8. The molecule has 2 aromatic rings. The number of hydrogen-bond acceptors (Lipinski definition) is 5. The summed E-state index contributed by atoms with van der Waals surface area (Å²) in [5.41, 5.74) is 3.00. The molecule has 0 atom stereocenters. The van der Waals surface area contributed by atoms with Crippen LogP contribution in [0.1, 0.15) is 27.9 Å². The number of anilines is 2. The normalized spacial score (nSPS) is 16.3. The first-order valence-electron chi connectivity index (χ1n) is 8.98. The molecule has 0 aliphatic carbocycles. The van der Waals surface area contributed by atoms with Gasteiger partial charge in [0.05, 0.1) is 5.56 Å². The highest BCUT2D eigenvalue weighted by atomic mass is 16.2. The molecule has 0 radical (unpaired) electrons. The molecule has 1 aromatic carbocycles. The van der Waals surface area contributed by atoms with Crippen LogP contribution < -0.4 is 10.2 Å². The van der Waals surface area contributed by atoms with Crippen molar-refractivity contribution in [2.24, 2.45) is 0 Å². The molecule has 7 heteroatoms. The molecule has 0 bridgehead atoms. The molecular formula is C20H19N5O2. The van der Waals surface area contributed by atoms with E-state index in [4.69, 9.17) is 0 Å². The number of pyridine rings is 1. The Morgan fingerprint density at radius 2 is 1.96 bits per heavy atom. The number of piperazine rings is 1. The van der Waals surface area contributed by atoms with Crippen molar-refractivity contribution in [3.63, 3.8) is 0 Å². The fraction of sp³-hybridized carbons (Fsp3) is 0.300. The van der Waals surface area contributed by atoms with Crippen LogP contribution in [-0.2, 0) is 11.2 Å². The summed E-state index contributed by atoms with van der Waals surface area (Å²) in [4.78, 5) is 32.5. The minimum Gasteiger partial charge on any atom is -0.352 e. The summed E-state index contributed by atoms with van der Waals surface area (Å²) in [6.07, 6.45) is 2.79. The summed E-state index contributed by atoms with van der Waals surface area (Å²) in [6, 6.07) is 11.1. The molecule has 2 aliphatic heterocycles. The first kappa shape index (κ1) is 17.0. The van der Waals surface area contributed by atoms with Crippen LogP contribution in [-0.4, -0.2) is 47.9 Å². The third-order valence-corrected chi connectivity index (χ3v) is 5.02. The Morgan fingerprint density at radius 1 is 1.15 bits per heavy atom. The van der Waals surface area contributed by atoms with Gasteiger partial charge in [0.1, 0.15) is 11.9 Å². The van der Waals surface area contributed by atoms with Crippen molar-refractivity contribution >= 4 is 23.3 Å². The van der Waals surface area contributed by atoms with E-state index in [1.165, 1.54) is 0 Å². The van der Waals surface area contributed by atoms with Gasteiger partial charge in [-0.15, -0.1) is 0 Å². The number of hydrogen-bond donors (Lipinski definition) is 1. The van der Waals surface area contributed by atoms with Crippen LogP contribution in [0.25, 0.3) is 0 Å². The number of carbonyl (C=O) groups is 2. The summed E-state index contributed by atoms with van der Waals surface area (Å²) in [5.74, 6) is 0.691. The molecular weight excluding hydrogens is 342 g/mol. The summed E-state index contributed by atoms with van der Waals surface area (Å²) >= 11 is 0. The van der Waals surface area contributed by atoms with Gasteiger partial charge in [0.2, 0.25) is 5.91 Å². The Labute approximate surface area is 157 Å². The minimum absolute atomic E-state index is 0.00382. The second kappa shape index (κ2) is 7.08. The Balaban J connectivity index is 1.45. The van der Waals surface area contributed by atoms with E-state index in [-0.39, 0.29) is 11.8 Å². The van der Waals surface area contributed by atoms with Crippen LogP contribution in [0.5, 0.6) is 0 Å². The van der Waals surface area contributed by atoms with Crippen LogP contribution in [0, 0.1) is 11.3 Å². The highest BCUT2D eigenvalue weighted by Gasteiger charge is 2.25. The number of nitriles is 1. The topological polar surface area (TPSA) is 89.3 Å². The standard InChI is InChI=1S/C20H19N5O2/c21-13-16-2-1-7-22-19(16)24-8-10-25(11-9-24)20(27)15-3-5-17-14(12-15)4-6-18(26)23-17/h1-3,5,7,12H,4,6,8-11H2,(H,23,26). The number of carbonyl (C=O) groups excluding carboxylic acids is 2. The molecule has 1 aromatic heterocycles. The number of rotatable bonds is 2. The van der Waals surface area contributed by atoms with Crippen molar-refractivity contribution in [2.75, 3.05) is 36.4 Å². The van der Waals surface area contributed by atoms with Gasteiger partial charge in [-0.2, -0.15) is 5.26 Å². The van der Waals surface area contributed by atoms with Crippen LogP contribution in [0.2, 0.25) is 0 Å². The van der Waals surface area contributed by atoms with Crippen LogP contribution >= 0.6 is 0 Å². The van der Waals surface area contributed by atoms with Gasteiger partial charge >= 0.3 is 0 Å². The molecule has 2 amide bonds. The number of nitrogens with zero attached hydrogens (tertiary/aromatic N) is 4. The molecule has 7 nitrogen and oxygen atoms in total. The molecule has 1 fully saturated rings. The lowest BCUT2D eigenvalue weighted by molar-refractivity contribution is -0.116. The summed E-state index contributed by atoms with van der Waals surface area (Å²) in [5, 5.41) is 12.1. The summed E-state index contributed by atoms with van der Waals surface area (Å²) < 4.78 is 0. The lowest BCUT2D eigenvalue weighted by Gasteiger charge is -2.35. The van der Waals surface area contributed by atoms with Crippen LogP contribution in [0.3, 0.4) is 0 Å². The molecule has 27 heavy (non-hydrogen) atoms. The summed E-state index contributed by atoms with van der Waals surface area (Å²) in [6.45, 7) is 2.43. The number of aromatic nitrogens is 1. The molecule has 4 rings (SSSR count). The number of fused-ring (bicyclic) bond motifs is 1. The maximum absolute atomic E-state index is 12.9. The van der Waals surface area contributed by atoms with E-state index >= 15 is 0 Å². The Kier molecular flexibility index (Phi) is 4.47. The van der Waals surface area contributed by atoms with E-state index in [0.29, 0.717) is 56.0 Å². The van der Waals surface area contributed by atoms with Gasteiger partial charge in [0, 0.05) is 50.0 Å². The highest BCUT2D eigenvalue weighted by Crippen LogP contribution is 2.25. The second-order valence-electron chi connectivity index (χ2n) is 6.69. The molecule has 136 valence electrons. The molecule has 1 saturated heterocycles. The van der Waals surface area contributed by atoms with E-state index in [0.717, 1.165) is 11.3 Å². The predicted molar refractivity (Wildman–Crippen MR) is 100 cm³/mol. The van der Waals surface area contributed by atoms with Gasteiger partial charge in [-0.25, -0.2) is 4.98 Å². The van der Waals surface area contributed by atoms with Crippen molar-refractivity contribution in [1.29, 1.82) is 5.26 Å². The van der Waals surface area contributed by atoms with E-state index in [1.807, 2.05) is 21.9 Å². The fourth-order valence-electron chi connectivity index (χ4n) is 3.56. The molecule has 0 spiro atoms. The Hall–Kier alpha value is -3.40. The van der Waals surface area contributed by atoms with Crippen LogP contribution in [0.15, 0.2) is 36.5 Å². The first-order chi connectivity index (χ1) is 13.2. The SMILES string of the molecule is N#Cc1cccnc1N1CCN(C(=O)c2ccc3c(c2)CCC(=O)N3)CC1. The average molecular weight is 361 g/mol. The van der Waals surface area contributed by atoms with Crippen LogP contribution in [0.4, 0.5) is 11.5 Å². The first-order valence-corrected chi connectivity index (χ1v) is 8.98. The average Bonchev–Trinajstić information content (AvgIpc) is 2.73. The van der Waals surface area contributed by atoms with Crippen molar-refractivity contribution < 1.29 is 9.59 Å². The molecule has 1 N–H and O–H groups in total. The number of benzene rings is 1. The van der Waals surface area contributed by atoms with E-state index in [1.54, 1.807) is 24.4 Å². The van der Waals surface area contributed by atoms with Crippen molar-refractivity contribution in [3.8, 4) is 6.07 Å². The zero-order chi connectivity index (χ0) is 18.8. The molecule has 2 aliphatic rings. The fourth-order valence-corrected chi connectivity index (χ4v) is 3.56. The lowest BCUT2D eigenvalue weighted by Crippen LogP contribution is -2.49. The Morgan fingerprint density at radius 3 is 2.74 bits per heavy atom. The number of nitrogens with one attached hydrogen (secondary N) is 1. The monoisotopic (exact) mass is 361 g/mol. The van der Waals surface area contributed by atoms with E-state index < -0.39 is 0 Å². The number of aryl methyl sites for hydroxylation is 1. The minimum atomic E-state index is -0.00382.